The minimum absolute atomic E-state index is 0.0440. The molecule has 10 nitrogen and oxygen atoms in total. The lowest BCUT2D eigenvalue weighted by Crippen LogP contribution is -2.59. The van der Waals surface area contributed by atoms with Crippen LogP contribution in [0.15, 0.2) is 47.3 Å². The maximum absolute atomic E-state index is 12.9. The third kappa shape index (κ3) is 3.76. The molecule has 0 bridgehead atoms. The molecule has 1 aliphatic rings. The average Bonchev–Trinajstić information content (AvgIpc) is 2.86. The van der Waals surface area contributed by atoms with Gasteiger partial charge in [-0.2, -0.15) is 5.26 Å². The first-order valence-corrected chi connectivity index (χ1v) is 10.5. The fourth-order valence-electron chi connectivity index (χ4n) is 3.64. The highest BCUT2D eigenvalue weighted by Gasteiger charge is 2.48. The van der Waals surface area contributed by atoms with Crippen LogP contribution in [0.5, 0.6) is 17.2 Å². The van der Waals surface area contributed by atoms with E-state index in [9.17, 15) is 20.0 Å². The van der Waals surface area contributed by atoms with E-state index in [2.05, 4.69) is 10.4 Å². The molecule has 2 unspecified atom stereocenters. The van der Waals surface area contributed by atoms with Crippen molar-refractivity contribution in [2.75, 3.05) is 19.6 Å². The molecule has 1 fully saturated rings. The van der Waals surface area contributed by atoms with Gasteiger partial charge in [0.1, 0.15) is 28.8 Å². The summed E-state index contributed by atoms with van der Waals surface area (Å²) >= 11 is 6.29. The zero-order chi connectivity index (χ0) is 24.6. The first-order valence-electron chi connectivity index (χ1n) is 10.1. The highest BCUT2D eigenvalue weighted by molar-refractivity contribution is 6.33. The van der Waals surface area contributed by atoms with E-state index >= 15 is 0 Å². The summed E-state index contributed by atoms with van der Waals surface area (Å²) in [5.41, 5.74) is 3.45. The van der Waals surface area contributed by atoms with Gasteiger partial charge in [-0.1, -0.05) is 6.07 Å². The van der Waals surface area contributed by atoms with Gasteiger partial charge in [-0.3, -0.25) is 19.6 Å². The van der Waals surface area contributed by atoms with Crippen LogP contribution in [0.1, 0.15) is 17.2 Å². The molecule has 2 N–H and O–H groups in total. The smallest absolute Gasteiger partial charge is 0.273 e. The molecule has 0 saturated carbocycles. The van der Waals surface area contributed by atoms with Crippen LogP contribution in [0.3, 0.4) is 0 Å². The SMILES string of the molecule is COc1ccc(-c2nc(NN3C(=O)C(Cl)C3c3ccc(O)c(OC)c3)n(C)c(=O)c2C#N)cc1. The van der Waals surface area contributed by atoms with E-state index in [4.69, 9.17) is 21.1 Å². The topological polar surface area (TPSA) is 130 Å². The second-order valence-electron chi connectivity index (χ2n) is 7.46. The zero-order valence-electron chi connectivity index (χ0n) is 18.4. The fraction of sp³-hybridized carbons (Fsp3) is 0.217. The average molecular weight is 482 g/mol. The summed E-state index contributed by atoms with van der Waals surface area (Å²) in [6.07, 6.45) is 0. The summed E-state index contributed by atoms with van der Waals surface area (Å²) in [5, 5.41) is 19.8. The van der Waals surface area contributed by atoms with Crippen LogP contribution in [0.2, 0.25) is 0 Å². The van der Waals surface area contributed by atoms with Crippen molar-refractivity contribution in [3.8, 4) is 34.6 Å². The van der Waals surface area contributed by atoms with Gasteiger partial charge < -0.3 is 14.6 Å². The van der Waals surface area contributed by atoms with Crippen LogP contribution < -0.4 is 20.5 Å². The molecule has 0 spiro atoms. The second-order valence-corrected chi connectivity index (χ2v) is 7.93. The molecule has 2 atom stereocenters. The third-order valence-corrected chi connectivity index (χ3v) is 5.99. The lowest BCUT2D eigenvalue weighted by Gasteiger charge is -2.44. The summed E-state index contributed by atoms with van der Waals surface area (Å²) < 4.78 is 11.5. The number of phenolic OH excluding ortho intramolecular Hbond substituents is 1. The molecule has 1 amide bonds. The number of nitriles is 1. The first kappa shape index (κ1) is 22.9. The number of anilines is 1. The summed E-state index contributed by atoms with van der Waals surface area (Å²) in [6, 6.07) is 12.7. The number of hydrogen-bond acceptors (Lipinski definition) is 8. The van der Waals surface area contributed by atoms with E-state index in [1.807, 2.05) is 6.07 Å². The molecular weight excluding hydrogens is 462 g/mol. The van der Waals surface area contributed by atoms with Gasteiger partial charge in [0.25, 0.3) is 11.5 Å². The lowest BCUT2D eigenvalue weighted by molar-refractivity contribution is -0.143. The lowest BCUT2D eigenvalue weighted by atomic mass is 9.95. The Labute approximate surface area is 199 Å². The Hall–Kier alpha value is -4.23. The number of nitrogens with zero attached hydrogens (tertiary/aromatic N) is 4. The molecule has 34 heavy (non-hydrogen) atoms. The summed E-state index contributed by atoms with van der Waals surface area (Å²) in [4.78, 5) is 30.0. The van der Waals surface area contributed by atoms with E-state index in [0.29, 0.717) is 16.9 Å². The van der Waals surface area contributed by atoms with Crippen LogP contribution in [0, 0.1) is 11.3 Å². The number of aromatic nitrogens is 2. The van der Waals surface area contributed by atoms with Crippen molar-refractivity contribution < 1.29 is 19.4 Å². The van der Waals surface area contributed by atoms with E-state index in [0.717, 1.165) is 4.57 Å². The van der Waals surface area contributed by atoms with Crippen molar-refractivity contribution in [2.45, 2.75) is 11.4 Å². The van der Waals surface area contributed by atoms with Gasteiger partial charge in [0, 0.05) is 12.6 Å². The molecule has 174 valence electrons. The largest absolute Gasteiger partial charge is 0.504 e. The van der Waals surface area contributed by atoms with Crippen LogP contribution in [0.25, 0.3) is 11.3 Å². The molecule has 2 aromatic carbocycles. The highest BCUT2D eigenvalue weighted by atomic mass is 35.5. The van der Waals surface area contributed by atoms with Gasteiger partial charge in [0.15, 0.2) is 11.5 Å². The monoisotopic (exact) mass is 481 g/mol. The number of aromatic hydroxyl groups is 1. The van der Waals surface area contributed by atoms with Gasteiger partial charge in [-0.25, -0.2) is 9.99 Å². The number of ether oxygens (including phenoxy) is 2. The Morgan fingerprint density at radius 3 is 2.47 bits per heavy atom. The number of benzene rings is 2. The Balaban J connectivity index is 1.74. The minimum atomic E-state index is -0.877. The number of carbonyl (C=O) groups is 1. The van der Waals surface area contributed by atoms with Crippen molar-refractivity contribution >= 4 is 23.5 Å². The number of carbonyl (C=O) groups excluding carboxylic acids is 1. The van der Waals surface area contributed by atoms with Crippen molar-refractivity contribution in [3.63, 3.8) is 0 Å². The number of halogens is 1. The number of rotatable bonds is 6. The predicted octanol–water partition coefficient (Wildman–Crippen LogP) is 2.56. The normalized spacial score (nSPS) is 17.0. The Bertz CT molecular complexity index is 1370. The molecule has 11 heteroatoms. The summed E-state index contributed by atoms with van der Waals surface area (Å²) in [5.74, 6) is 0.399. The maximum Gasteiger partial charge on any atom is 0.273 e. The van der Waals surface area contributed by atoms with Gasteiger partial charge in [0.2, 0.25) is 5.95 Å². The zero-order valence-corrected chi connectivity index (χ0v) is 19.2. The minimum Gasteiger partial charge on any atom is -0.504 e. The number of hydrogen-bond donors (Lipinski definition) is 2. The van der Waals surface area contributed by atoms with Crippen LogP contribution >= 0.6 is 11.6 Å². The summed E-state index contributed by atoms with van der Waals surface area (Å²) in [7, 11) is 4.38. The maximum atomic E-state index is 12.9. The van der Waals surface area contributed by atoms with Crippen molar-refractivity contribution in [2.24, 2.45) is 7.05 Å². The Kier molecular flexibility index (Phi) is 6.04. The van der Waals surface area contributed by atoms with Crippen molar-refractivity contribution in [3.05, 3.63) is 63.9 Å². The molecular formula is C23H20ClN5O5. The number of β-lactam (4-membered cyclic amide) rings is 1. The third-order valence-electron chi connectivity index (χ3n) is 5.56. The molecule has 4 rings (SSSR count). The van der Waals surface area contributed by atoms with E-state index in [1.165, 1.54) is 32.3 Å². The van der Waals surface area contributed by atoms with Gasteiger partial charge in [-0.15, -0.1) is 11.6 Å². The molecule has 3 aromatic rings. The number of alkyl halides is 1. The Morgan fingerprint density at radius 2 is 1.85 bits per heavy atom. The predicted molar refractivity (Wildman–Crippen MR) is 124 cm³/mol. The molecule has 0 aliphatic carbocycles. The molecule has 2 heterocycles. The van der Waals surface area contributed by atoms with E-state index in [1.54, 1.807) is 36.4 Å². The van der Waals surface area contributed by atoms with E-state index < -0.39 is 22.9 Å². The number of phenols is 1. The number of methoxy groups -OCH3 is 2. The number of nitrogens with one attached hydrogen (secondary N) is 1. The number of amides is 1. The van der Waals surface area contributed by atoms with Gasteiger partial charge >= 0.3 is 0 Å². The standard InChI is InChI=1S/C23H20ClN5O5/c1-28-21(31)15(11-25)19(12-4-7-14(33-2)8-5-12)26-23(28)27-29-20(18(24)22(29)32)13-6-9-16(30)17(10-13)34-3/h4-10,18,20,30H,1-3H3,(H,26,27). The molecule has 1 aliphatic heterocycles. The fourth-order valence-corrected chi connectivity index (χ4v) is 4.01. The molecule has 0 radical (unpaired) electrons. The molecule has 1 saturated heterocycles. The second kappa shape index (κ2) is 8.96. The van der Waals surface area contributed by atoms with Crippen LogP contribution in [0.4, 0.5) is 5.95 Å². The first-order chi connectivity index (χ1) is 16.3. The van der Waals surface area contributed by atoms with E-state index in [-0.39, 0.29) is 28.7 Å². The molecule has 1 aromatic heterocycles. The Morgan fingerprint density at radius 1 is 1.15 bits per heavy atom. The van der Waals surface area contributed by atoms with Crippen LogP contribution in [-0.2, 0) is 11.8 Å². The van der Waals surface area contributed by atoms with Gasteiger partial charge in [-0.05, 0) is 42.0 Å². The quantitative estimate of drug-likeness (QED) is 0.406. The number of hydrazine groups is 1. The highest BCUT2D eigenvalue weighted by Crippen LogP contribution is 2.41. The van der Waals surface area contributed by atoms with Crippen molar-refractivity contribution in [1.82, 2.24) is 14.6 Å². The van der Waals surface area contributed by atoms with Crippen molar-refractivity contribution in [1.29, 1.82) is 5.26 Å². The summed E-state index contributed by atoms with van der Waals surface area (Å²) in [6.45, 7) is 0. The van der Waals surface area contributed by atoms with Gasteiger partial charge in [0.05, 0.1) is 19.9 Å². The van der Waals surface area contributed by atoms with Crippen LogP contribution in [-0.4, -0.2) is 45.2 Å².